The molecule has 0 bridgehead atoms. The van der Waals surface area contributed by atoms with Gasteiger partial charge in [-0.15, -0.1) is 10.2 Å². The molecule has 1 atom stereocenters. The molecule has 36 heavy (non-hydrogen) atoms. The van der Waals surface area contributed by atoms with Gasteiger partial charge >= 0.3 is 0 Å². The van der Waals surface area contributed by atoms with Crippen molar-refractivity contribution in [3.63, 3.8) is 0 Å². The van der Waals surface area contributed by atoms with Crippen molar-refractivity contribution in [3.8, 4) is 0 Å². The van der Waals surface area contributed by atoms with Crippen LogP contribution in [0, 0.1) is 0 Å². The molecule has 6 rings (SSSR count). The lowest BCUT2D eigenvalue weighted by atomic mass is 10.1. The van der Waals surface area contributed by atoms with Crippen molar-refractivity contribution >= 4 is 40.0 Å². The average molecular weight is 497 g/mol. The Balaban J connectivity index is 1.37. The molecule has 1 saturated heterocycles. The number of hydrogen-bond acceptors (Lipinski definition) is 5. The molecule has 0 radical (unpaired) electrons. The Morgan fingerprint density at radius 3 is 2.50 bits per heavy atom. The van der Waals surface area contributed by atoms with E-state index in [9.17, 15) is 4.79 Å². The molecule has 0 N–H and O–H groups in total. The number of aromatic nitrogens is 4. The smallest absolute Gasteiger partial charge is 0.255 e. The van der Waals surface area contributed by atoms with Crippen molar-refractivity contribution in [2.75, 3.05) is 24.5 Å². The fraction of sp³-hybridized carbons (Fsp3) is 0.214. The predicted octanol–water partition coefficient (Wildman–Crippen LogP) is 4.87. The molecule has 0 spiro atoms. The third kappa shape index (κ3) is 3.95. The number of hydrogen-bond donors (Lipinski definition) is 0. The maximum absolute atomic E-state index is 13.3. The topological polar surface area (TPSA) is 66.6 Å². The zero-order chi connectivity index (χ0) is 24.6. The lowest BCUT2D eigenvalue weighted by Gasteiger charge is -2.40. The number of rotatable bonds is 4. The second-order valence-corrected chi connectivity index (χ2v) is 9.55. The van der Waals surface area contributed by atoms with E-state index < -0.39 is 0 Å². The number of piperazine rings is 1. The zero-order valence-corrected chi connectivity index (χ0v) is 20.6. The summed E-state index contributed by atoms with van der Waals surface area (Å²) in [5.41, 5.74) is 3.37. The summed E-state index contributed by atoms with van der Waals surface area (Å²) < 4.78 is 2.08. The number of carbonyl (C=O) groups excluding carboxylic acids is 1. The van der Waals surface area contributed by atoms with Gasteiger partial charge in [0.1, 0.15) is 5.82 Å². The molecule has 5 aromatic rings. The van der Waals surface area contributed by atoms with Gasteiger partial charge in [0.25, 0.3) is 5.91 Å². The number of para-hydroxylation sites is 1. The summed E-state index contributed by atoms with van der Waals surface area (Å²) in [6.45, 7) is 3.91. The average Bonchev–Trinajstić information content (AvgIpc) is 3.32. The Hall–Kier alpha value is -3.97. The van der Waals surface area contributed by atoms with Crippen LogP contribution in [0.15, 0.2) is 78.9 Å². The molecule has 7 nitrogen and oxygen atoms in total. The van der Waals surface area contributed by atoms with Gasteiger partial charge in [0.2, 0.25) is 5.95 Å². The van der Waals surface area contributed by atoms with E-state index in [1.807, 2.05) is 59.5 Å². The third-order valence-corrected chi connectivity index (χ3v) is 7.11. The highest BCUT2D eigenvalue weighted by Gasteiger charge is 2.31. The van der Waals surface area contributed by atoms with E-state index in [-0.39, 0.29) is 11.9 Å². The molecule has 2 aromatic heterocycles. The van der Waals surface area contributed by atoms with Gasteiger partial charge in [-0.05, 0) is 36.8 Å². The highest BCUT2D eigenvalue weighted by atomic mass is 35.5. The van der Waals surface area contributed by atoms with Crippen LogP contribution in [0.2, 0.25) is 5.02 Å². The van der Waals surface area contributed by atoms with Gasteiger partial charge in [0.05, 0.1) is 16.1 Å². The summed E-state index contributed by atoms with van der Waals surface area (Å²) in [4.78, 5) is 22.5. The first-order valence-corrected chi connectivity index (χ1v) is 12.4. The second kappa shape index (κ2) is 9.24. The highest BCUT2D eigenvalue weighted by Crippen LogP contribution is 2.27. The monoisotopic (exact) mass is 496 g/mol. The lowest BCUT2D eigenvalue weighted by molar-refractivity contribution is 0.0673. The van der Waals surface area contributed by atoms with E-state index in [0.717, 1.165) is 33.9 Å². The summed E-state index contributed by atoms with van der Waals surface area (Å²) in [5, 5.41) is 10.6. The number of halogens is 1. The van der Waals surface area contributed by atoms with E-state index in [0.29, 0.717) is 36.6 Å². The van der Waals surface area contributed by atoms with Crippen molar-refractivity contribution in [2.24, 2.45) is 0 Å². The molecule has 8 heteroatoms. The van der Waals surface area contributed by atoms with Gasteiger partial charge in [-0.3, -0.25) is 4.79 Å². The Kier molecular flexibility index (Phi) is 5.77. The summed E-state index contributed by atoms with van der Waals surface area (Å²) in [6.07, 6.45) is 0.648. The van der Waals surface area contributed by atoms with Crippen molar-refractivity contribution in [1.82, 2.24) is 24.5 Å². The third-order valence-electron chi connectivity index (χ3n) is 6.78. The van der Waals surface area contributed by atoms with Crippen LogP contribution < -0.4 is 4.90 Å². The number of fused-ring (bicyclic) bond motifs is 3. The fourth-order valence-electron chi connectivity index (χ4n) is 4.95. The standard InChI is InChI=1S/C28H25ClN6O/c1-19-18-33(15-16-34(19)27(36)21-11-5-7-13-23(21)29)28-30-24-14-8-6-12-22(24)26-32-31-25(35(26)28)17-20-9-3-2-4-10-20/h2-14,19H,15-18H2,1H3. The molecular formula is C28H25ClN6O. The van der Waals surface area contributed by atoms with Crippen molar-refractivity contribution in [1.29, 1.82) is 0 Å². The van der Waals surface area contributed by atoms with Crippen LogP contribution in [-0.2, 0) is 6.42 Å². The molecule has 0 aliphatic carbocycles. The molecule has 3 heterocycles. The molecule has 1 unspecified atom stereocenters. The predicted molar refractivity (Wildman–Crippen MR) is 142 cm³/mol. The minimum atomic E-state index is -0.0431. The van der Waals surface area contributed by atoms with Crippen LogP contribution in [0.4, 0.5) is 5.95 Å². The first kappa shape index (κ1) is 22.5. The van der Waals surface area contributed by atoms with Crippen molar-refractivity contribution in [2.45, 2.75) is 19.4 Å². The minimum Gasteiger partial charge on any atom is -0.338 e. The Morgan fingerprint density at radius 1 is 0.944 bits per heavy atom. The first-order chi connectivity index (χ1) is 17.6. The Morgan fingerprint density at radius 2 is 1.69 bits per heavy atom. The summed E-state index contributed by atoms with van der Waals surface area (Å²) in [7, 11) is 0. The van der Waals surface area contributed by atoms with Crippen LogP contribution in [0.3, 0.4) is 0 Å². The van der Waals surface area contributed by atoms with E-state index in [1.54, 1.807) is 12.1 Å². The van der Waals surface area contributed by atoms with E-state index >= 15 is 0 Å². The van der Waals surface area contributed by atoms with E-state index in [4.69, 9.17) is 16.6 Å². The van der Waals surface area contributed by atoms with Crippen LogP contribution in [-0.4, -0.2) is 56.1 Å². The molecule has 1 fully saturated rings. The minimum absolute atomic E-state index is 0.0279. The number of carbonyl (C=O) groups is 1. The molecule has 3 aromatic carbocycles. The molecule has 0 saturated carbocycles. The van der Waals surface area contributed by atoms with E-state index in [1.165, 1.54) is 0 Å². The highest BCUT2D eigenvalue weighted by molar-refractivity contribution is 6.33. The van der Waals surface area contributed by atoms with Crippen molar-refractivity contribution in [3.05, 3.63) is 101 Å². The number of anilines is 1. The number of nitrogens with zero attached hydrogens (tertiary/aromatic N) is 6. The molecular weight excluding hydrogens is 472 g/mol. The van der Waals surface area contributed by atoms with Gasteiger partial charge in [0.15, 0.2) is 5.65 Å². The van der Waals surface area contributed by atoms with Crippen LogP contribution in [0.25, 0.3) is 16.6 Å². The first-order valence-electron chi connectivity index (χ1n) is 12.1. The maximum atomic E-state index is 13.3. The normalized spacial score (nSPS) is 16.1. The molecule has 1 aliphatic heterocycles. The Labute approximate surface area is 214 Å². The molecule has 180 valence electrons. The lowest BCUT2D eigenvalue weighted by Crippen LogP contribution is -2.54. The summed E-state index contributed by atoms with van der Waals surface area (Å²) in [6, 6.07) is 25.5. The fourth-order valence-corrected chi connectivity index (χ4v) is 5.17. The van der Waals surface area contributed by atoms with Gasteiger partial charge < -0.3 is 9.80 Å². The van der Waals surface area contributed by atoms with Crippen molar-refractivity contribution < 1.29 is 4.79 Å². The van der Waals surface area contributed by atoms with Gasteiger partial charge in [-0.25, -0.2) is 9.38 Å². The van der Waals surface area contributed by atoms with Gasteiger partial charge in [-0.2, -0.15) is 0 Å². The van der Waals surface area contributed by atoms with Gasteiger partial charge in [0, 0.05) is 37.5 Å². The van der Waals surface area contributed by atoms with Crippen LogP contribution in [0.1, 0.15) is 28.7 Å². The van der Waals surface area contributed by atoms with Gasteiger partial charge in [-0.1, -0.05) is 66.2 Å². The maximum Gasteiger partial charge on any atom is 0.255 e. The van der Waals surface area contributed by atoms with Crippen LogP contribution in [0.5, 0.6) is 0 Å². The van der Waals surface area contributed by atoms with Crippen LogP contribution >= 0.6 is 11.6 Å². The second-order valence-electron chi connectivity index (χ2n) is 9.14. The SMILES string of the molecule is CC1CN(c2nc3ccccc3c3nnc(Cc4ccccc4)n23)CCN1C(=O)c1ccccc1Cl. The zero-order valence-electron chi connectivity index (χ0n) is 19.9. The largest absolute Gasteiger partial charge is 0.338 e. The quantitative estimate of drug-likeness (QED) is 0.355. The molecule has 1 amide bonds. The number of benzene rings is 3. The Bertz CT molecular complexity index is 1570. The summed E-state index contributed by atoms with van der Waals surface area (Å²) >= 11 is 6.32. The summed E-state index contributed by atoms with van der Waals surface area (Å²) in [5.74, 6) is 1.60. The molecule has 1 aliphatic rings. The number of amides is 1. The van der Waals surface area contributed by atoms with E-state index in [2.05, 4.69) is 38.6 Å².